The fourth-order valence-electron chi connectivity index (χ4n) is 1.23. The normalized spacial score (nSPS) is 12.2. The number of hydrogen-bond donors (Lipinski definition) is 2. The Balaban J connectivity index is 2.47. The largest absolute Gasteiger partial charge is 0.358 e. The first-order chi connectivity index (χ1) is 7.13. The van der Waals surface area contributed by atoms with E-state index in [0.29, 0.717) is 6.54 Å². The number of halogens is 1. The molecule has 2 N–H and O–H groups in total. The van der Waals surface area contributed by atoms with E-state index in [-0.39, 0.29) is 17.8 Å². The molecular weight excluding hydrogens is 195 g/mol. The Morgan fingerprint density at radius 3 is 2.87 bits per heavy atom. The van der Waals surface area contributed by atoms with E-state index in [2.05, 4.69) is 10.6 Å². The van der Waals surface area contributed by atoms with Crippen molar-refractivity contribution in [2.45, 2.75) is 19.5 Å². The molecule has 15 heavy (non-hydrogen) atoms. The van der Waals surface area contributed by atoms with E-state index in [4.69, 9.17) is 0 Å². The molecule has 0 saturated heterocycles. The van der Waals surface area contributed by atoms with Gasteiger partial charge in [-0.3, -0.25) is 4.79 Å². The second kappa shape index (κ2) is 5.46. The van der Waals surface area contributed by atoms with Gasteiger partial charge in [-0.15, -0.1) is 0 Å². The summed E-state index contributed by atoms with van der Waals surface area (Å²) in [5, 5.41) is 5.53. The quantitative estimate of drug-likeness (QED) is 0.780. The maximum Gasteiger partial charge on any atom is 0.236 e. The van der Waals surface area contributed by atoms with Gasteiger partial charge in [-0.25, -0.2) is 4.39 Å². The molecule has 1 atom stereocenters. The number of carbonyl (C=O) groups is 1. The molecule has 1 aromatic rings. The molecule has 0 aromatic heterocycles. The van der Waals surface area contributed by atoms with Crippen LogP contribution in [0.1, 0.15) is 12.5 Å². The van der Waals surface area contributed by atoms with E-state index < -0.39 is 0 Å². The highest BCUT2D eigenvalue weighted by Crippen LogP contribution is 2.03. The number of amides is 1. The molecule has 0 radical (unpaired) electrons. The molecule has 82 valence electrons. The van der Waals surface area contributed by atoms with Gasteiger partial charge in [0.1, 0.15) is 5.82 Å². The third-order valence-corrected chi connectivity index (χ3v) is 2.14. The van der Waals surface area contributed by atoms with Crippen LogP contribution in [0.5, 0.6) is 0 Å². The monoisotopic (exact) mass is 210 g/mol. The van der Waals surface area contributed by atoms with Gasteiger partial charge < -0.3 is 10.6 Å². The van der Waals surface area contributed by atoms with Crippen molar-refractivity contribution in [3.63, 3.8) is 0 Å². The zero-order valence-corrected chi connectivity index (χ0v) is 8.88. The van der Waals surface area contributed by atoms with Crippen LogP contribution < -0.4 is 10.6 Å². The third kappa shape index (κ3) is 3.67. The molecule has 0 fully saturated rings. The van der Waals surface area contributed by atoms with Crippen molar-refractivity contribution < 1.29 is 9.18 Å². The standard InChI is InChI=1S/C11H15FN2O/c1-8(11(15)13-2)14-7-9-4-3-5-10(12)6-9/h3-6,8,14H,7H2,1-2H3,(H,13,15)/t8-/m1/s1. The minimum atomic E-state index is -0.279. The summed E-state index contributed by atoms with van der Waals surface area (Å²) in [6, 6.07) is 6.02. The van der Waals surface area contributed by atoms with Crippen molar-refractivity contribution in [2.24, 2.45) is 0 Å². The summed E-state index contributed by atoms with van der Waals surface area (Å²) in [7, 11) is 1.59. The highest BCUT2D eigenvalue weighted by atomic mass is 19.1. The molecule has 1 aromatic carbocycles. The van der Waals surface area contributed by atoms with Gasteiger partial charge in [0, 0.05) is 13.6 Å². The zero-order chi connectivity index (χ0) is 11.3. The van der Waals surface area contributed by atoms with Crippen LogP contribution in [0.25, 0.3) is 0 Å². The first kappa shape index (κ1) is 11.7. The smallest absolute Gasteiger partial charge is 0.236 e. The first-order valence-electron chi connectivity index (χ1n) is 4.83. The first-order valence-corrected chi connectivity index (χ1v) is 4.83. The Labute approximate surface area is 88.7 Å². The zero-order valence-electron chi connectivity index (χ0n) is 8.88. The maximum atomic E-state index is 12.8. The summed E-state index contributed by atoms with van der Waals surface area (Å²) < 4.78 is 12.8. The fraction of sp³-hybridized carbons (Fsp3) is 0.364. The van der Waals surface area contributed by atoms with Crippen LogP contribution in [0.15, 0.2) is 24.3 Å². The van der Waals surface area contributed by atoms with Crippen molar-refractivity contribution >= 4 is 5.91 Å². The molecule has 1 rings (SSSR count). The molecule has 0 bridgehead atoms. The van der Waals surface area contributed by atoms with Crippen molar-refractivity contribution in [1.82, 2.24) is 10.6 Å². The Hall–Kier alpha value is -1.42. The van der Waals surface area contributed by atoms with E-state index in [1.165, 1.54) is 12.1 Å². The lowest BCUT2D eigenvalue weighted by Gasteiger charge is -2.11. The van der Waals surface area contributed by atoms with Gasteiger partial charge in [-0.05, 0) is 24.6 Å². The number of benzene rings is 1. The molecule has 0 aliphatic heterocycles. The van der Waals surface area contributed by atoms with Gasteiger partial charge in [-0.1, -0.05) is 12.1 Å². The second-order valence-corrected chi connectivity index (χ2v) is 3.35. The Kier molecular flexibility index (Phi) is 4.24. The highest BCUT2D eigenvalue weighted by Gasteiger charge is 2.09. The molecule has 0 saturated carbocycles. The van der Waals surface area contributed by atoms with E-state index >= 15 is 0 Å². The number of hydrogen-bond acceptors (Lipinski definition) is 2. The Morgan fingerprint density at radius 2 is 2.27 bits per heavy atom. The Bertz CT molecular complexity index is 341. The van der Waals surface area contributed by atoms with Gasteiger partial charge >= 0.3 is 0 Å². The van der Waals surface area contributed by atoms with Gasteiger partial charge in [0.2, 0.25) is 5.91 Å². The minimum Gasteiger partial charge on any atom is -0.358 e. The average molecular weight is 210 g/mol. The predicted molar refractivity (Wildman–Crippen MR) is 56.8 cm³/mol. The third-order valence-electron chi connectivity index (χ3n) is 2.14. The van der Waals surface area contributed by atoms with Gasteiger partial charge in [0.05, 0.1) is 6.04 Å². The topological polar surface area (TPSA) is 41.1 Å². The molecule has 0 heterocycles. The molecule has 0 aliphatic rings. The minimum absolute atomic E-state index is 0.0774. The summed E-state index contributed by atoms with van der Waals surface area (Å²) in [6.45, 7) is 2.24. The number of rotatable bonds is 4. The van der Waals surface area contributed by atoms with Crippen molar-refractivity contribution in [3.8, 4) is 0 Å². The van der Waals surface area contributed by atoms with E-state index in [0.717, 1.165) is 5.56 Å². The van der Waals surface area contributed by atoms with Crippen LogP contribution in [-0.2, 0) is 11.3 Å². The summed E-state index contributed by atoms with van der Waals surface area (Å²) in [5.74, 6) is -0.340. The molecule has 3 nitrogen and oxygen atoms in total. The van der Waals surface area contributed by atoms with Gasteiger partial charge in [0.25, 0.3) is 0 Å². The van der Waals surface area contributed by atoms with Crippen LogP contribution >= 0.6 is 0 Å². The van der Waals surface area contributed by atoms with E-state index in [9.17, 15) is 9.18 Å². The van der Waals surface area contributed by atoms with Gasteiger partial charge in [0.15, 0.2) is 0 Å². The van der Waals surface area contributed by atoms with Crippen molar-refractivity contribution in [2.75, 3.05) is 7.05 Å². The second-order valence-electron chi connectivity index (χ2n) is 3.35. The van der Waals surface area contributed by atoms with Crippen LogP contribution in [-0.4, -0.2) is 19.0 Å². The average Bonchev–Trinajstić information content (AvgIpc) is 2.25. The summed E-state index contributed by atoms with van der Waals surface area (Å²) >= 11 is 0. The molecule has 1 amide bonds. The van der Waals surface area contributed by atoms with Gasteiger partial charge in [-0.2, -0.15) is 0 Å². The van der Waals surface area contributed by atoms with Crippen LogP contribution in [0, 0.1) is 5.82 Å². The summed E-state index contributed by atoms with van der Waals surface area (Å²) in [4.78, 5) is 11.2. The maximum absolute atomic E-state index is 12.8. The van der Waals surface area contributed by atoms with Crippen molar-refractivity contribution in [1.29, 1.82) is 0 Å². The molecule has 4 heteroatoms. The lowest BCUT2D eigenvalue weighted by atomic mass is 10.2. The van der Waals surface area contributed by atoms with Crippen LogP contribution in [0.4, 0.5) is 4.39 Å². The highest BCUT2D eigenvalue weighted by molar-refractivity contribution is 5.80. The molecular formula is C11H15FN2O. The molecule has 0 unspecified atom stereocenters. The fourth-order valence-corrected chi connectivity index (χ4v) is 1.23. The predicted octanol–water partition coefficient (Wildman–Crippen LogP) is 1.05. The Morgan fingerprint density at radius 1 is 1.53 bits per heavy atom. The van der Waals surface area contributed by atoms with E-state index in [1.54, 1.807) is 20.0 Å². The lowest BCUT2D eigenvalue weighted by molar-refractivity contribution is -0.122. The van der Waals surface area contributed by atoms with Crippen LogP contribution in [0.2, 0.25) is 0 Å². The molecule has 0 aliphatic carbocycles. The number of likely N-dealkylation sites (N-methyl/N-ethyl adjacent to an activating group) is 1. The summed E-state index contributed by atoms with van der Waals surface area (Å²) in [6.07, 6.45) is 0. The number of nitrogens with one attached hydrogen (secondary N) is 2. The van der Waals surface area contributed by atoms with Crippen LogP contribution in [0.3, 0.4) is 0 Å². The lowest BCUT2D eigenvalue weighted by Crippen LogP contribution is -2.40. The molecule has 0 spiro atoms. The number of carbonyl (C=O) groups excluding carboxylic acids is 1. The van der Waals surface area contributed by atoms with E-state index in [1.807, 2.05) is 6.07 Å². The van der Waals surface area contributed by atoms with Crippen molar-refractivity contribution in [3.05, 3.63) is 35.6 Å². The summed E-state index contributed by atoms with van der Waals surface area (Å²) in [5.41, 5.74) is 0.825. The SMILES string of the molecule is CNC(=O)[C@@H](C)NCc1cccc(F)c1.